The lowest BCUT2D eigenvalue weighted by atomic mass is 10.1. The van der Waals surface area contributed by atoms with Crippen LogP contribution in [-0.2, 0) is 0 Å². The van der Waals surface area contributed by atoms with Gasteiger partial charge in [-0.3, -0.25) is 4.79 Å². The van der Waals surface area contributed by atoms with E-state index in [0.29, 0.717) is 5.56 Å². The molecule has 0 radical (unpaired) electrons. The third-order valence-electron chi connectivity index (χ3n) is 2.90. The van der Waals surface area contributed by atoms with E-state index in [4.69, 9.17) is 5.73 Å². The molecule has 2 aromatic rings. The summed E-state index contributed by atoms with van der Waals surface area (Å²) >= 11 is 0. The van der Waals surface area contributed by atoms with Gasteiger partial charge in [-0.2, -0.15) is 0 Å². The van der Waals surface area contributed by atoms with Crippen LogP contribution in [0.2, 0.25) is 0 Å². The van der Waals surface area contributed by atoms with Crippen molar-refractivity contribution in [1.29, 1.82) is 0 Å². The zero-order valence-electron chi connectivity index (χ0n) is 10.9. The van der Waals surface area contributed by atoms with Gasteiger partial charge in [-0.1, -0.05) is 18.2 Å². The molecule has 0 bridgehead atoms. The molecule has 3 nitrogen and oxygen atoms in total. The molecule has 0 aromatic heterocycles. The maximum absolute atomic E-state index is 13.6. The molecule has 0 saturated heterocycles. The molecule has 2 aromatic carbocycles. The molecule has 0 fully saturated rings. The molecule has 1 amide bonds. The Bertz CT molecular complexity index is 623. The first-order chi connectivity index (χ1) is 9.47. The van der Waals surface area contributed by atoms with Crippen LogP contribution in [0, 0.1) is 11.6 Å². The molecule has 1 unspecified atom stereocenters. The molecule has 2 rings (SSSR count). The molecule has 0 saturated carbocycles. The van der Waals surface area contributed by atoms with E-state index in [2.05, 4.69) is 5.32 Å². The summed E-state index contributed by atoms with van der Waals surface area (Å²) in [7, 11) is 0. The Balaban J connectivity index is 2.17. The van der Waals surface area contributed by atoms with Gasteiger partial charge in [-0.15, -0.1) is 0 Å². The number of nitrogens with one attached hydrogen (secondary N) is 1. The van der Waals surface area contributed by atoms with Crippen LogP contribution >= 0.6 is 0 Å². The number of amides is 1. The maximum Gasteiger partial charge on any atom is 0.251 e. The van der Waals surface area contributed by atoms with Crippen LogP contribution < -0.4 is 11.1 Å². The van der Waals surface area contributed by atoms with Gasteiger partial charge in [0, 0.05) is 16.8 Å². The van der Waals surface area contributed by atoms with Crippen LogP contribution in [-0.4, -0.2) is 5.91 Å². The summed E-state index contributed by atoms with van der Waals surface area (Å²) in [6, 6.07) is 9.19. The largest absolute Gasteiger partial charge is 0.399 e. The number of hydrogen-bond acceptors (Lipinski definition) is 2. The zero-order valence-corrected chi connectivity index (χ0v) is 10.9. The predicted molar refractivity (Wildman–Crippen MR) is 73.1 cm³/mol. The minimum absolute atomic E-state index is 0.102. The van der Waals surface area contributed by atoms with Crippen molar-refractivity contribution in [2.75, 3.05) is 5.73 Å². The molecule has 1 atom stereocenters. The molecule has 0 spiro atoms. The number of halogens is 2. The summed E-state index contributed by atoms with van der Waals surface area (Å²) in [5.74, 6) is -1.50. The third-order valence-corrected chi connectivity index (χ3v) is 2.90. The van der Waals surface area contributed by atoms with E-state index in [-0.39, 0.29) is 11.3 Å². The molecule has 0 heterocycles. The Morgan fingerprint density at radius 1 is 1.20 bits per heavy atom. The lowest BCUT2D eigenvalue weighted by Gasteiger charge is -2.15. The molecule has 5 heteroatoms. The van der Waals surface area contributed by atoms with Gasteiger partial charge in [0.15, 0.2) is 0 Å². The smallest absolute Gasteiger partial charge is 0.251 e. The fourth-order valence-corrected chi connectivity index (χ4v) is 1.93. The number of anilines is 1. The predicted octanol–water partition coefficient (Wildman–Crippen LogP) is 3.04. The van der Waals surface area contributed by atoms with E-state index in [9.17, 15) is 13.6 Å². The number of rotatable bonds is 3. The van der Waals surface area contributed by atoms with Gasteiger partial charge in [0.05, 0.1) is 6.04 Å². The molecule has 0 aliphatic carbocycles. The lowest BCUT2D eigenvalue weighted by molar-refractivity contribution is 0.0939. The van der Waals surface area contributed by atoms with Crippen molar-refractivity contribution in [2.45, 2.75) is 13.0 Å². The Labute approximate surface area is 115 Å². The van der Waals surface area contributed by atoms with Crippen LogP contribution in [0.4, 0.5) is 14.5 Å². The fourth-order valence-electron chi connectivity index (χ4n) is 1.93. The van der Waals surface area contributed by atoms with Crippen molar-refractivity contribution in [3.05, 3.63) is 65.2 Å². The second-order valence-electron chi connectivity index (χ2n) is 4.49. The van der Waals surface area contributed by atoms with E-state index < -0.39 is 23.6 Å². The van der Waals surface area contributed by atoms with Gasteiger partial charge in [0.25, 0.3) is 5.91 Å². The number of carbonyl (C=O) groups excluding carboxylic acids is 1. The van der Waals surface area contributed by atoms with Gasteiger partial charge in [-0.25, -0.2) is 8.78 Å². The van der Waals surface area contributed by atoms with E-state index in [1.807, 2.05) is 0 Å². The van der Waals surface area contributed by atoms with Crippen molar-refractivity contribution in [3.8, 4) is 0 Å². The average Bonchev–Trinajstić information content (AvgIpc) is 2.37. The third kappa shape index (κ3) is 3.12. The van der Waals surface area contributed by atoms with Crippen molar-refractivity contribution >= 4 is 11.6 Å². The highest BCUT2D eigenvalue weighted by Gasteiger charge is 2.15. The fraction of sp³-hybridized carbons (Fsp3) is 0.133. The molecule has 0 aliphatic heterocycles. The average molecular weight is 276 g/mol. The standard InChI is InChI=1S/C15H14F2N2O/c1-9(13-4-2-3-5-14(13)17)19-15(20)10-6-11(16)8-12(18)7-10/h2-9H,18H2,1H3,(H,19,20). The van der Waals surface area contributed by atoms with E-state index >= 15 is 0 Å². The second-order valence-corrected chi connectivity index (χ2v) is 4.49. The van der Waals surface area contributed by atoms with Crippen molar-refractivity contribution < 1.29 is 13.6 Å². The normalized spacial score (nSPS) is 11.9. The molecule has 3 N–H and O–H groups in total. The van der Waals surface area contributed by atoms with Crippen LogP contribution in [0.3, 0.4) is 0 Å². The zero-order chi connectivity index (χ0) is 14.7. The first kappa shape index (κ1) is 14.0. The Hall–Kier alpha value is -2.43. The van der Waals surface area contributed by atoms with Crippen LogP contribution in [0.15, 0.2) is 42.5 Å². The van der Waals surface area contributed by atoms with Crippen LogP contribution in [0.1, 0.15) is 28.9 Å². The number of nitrogens with two attached hydrogens (primary N) is 1. The maximum atomic E-state index is 13.6. The summed E-state index contributed by atoms with van der Waals surface area (Å²) in [5, 5.41) is 2.61. The lowest BCUT2D eigenvalue weighted by Crippen LogP contribution is -2.27. The molecule has 20 heavy (non-hydrogen) atoms. The quantitative estimate of drug-likeness (QED) is 0.847. The first-order valence-corrected chi connectivity index (χ1v) is 6.08. The van der Waals surface area contributed by atoms with E-state index in [1.54, 1.807) is 25.1 Å². The van der Waals surface area contributed by atoms with Crippen molar-refractivity contribution in [1.82, 2.24) is 5.32 Å². The molecule has 0 aliphatic rings. The van der Waals surface area contributed by atoms with E-state index in [0.717, 1.165) is 12.1 Å². The number of carbonyl (C=O) groups is 1. The highest BCUT2D eigenvalue weighted by Crippen LogP contribution is 2.17. The molecular weight excluding hydrogens is 262 g/mol. The Morgan fingerprint density at radius 3 is 2.55 bits per heavy atom. The van der Waals surface area contributed by atoms with Gasteiger partial charge < -0.3 is 11.1 Å². The van der Waals surface area contributed by atoms with Gasteiger partial charge >= 0.3 is 0 Å². The van der Waals surface area contributed by atoms with Crippen molar-refractivity contribution in [3.63, 3.8) is 0 Å². The van der Waals surface area contributed by atoms with Crippen molar-refractivity contribution in [2.24, 2.45) is 0 Å². The summed E-state index contributed by atoms with van der Waals surface area (Å²) in [5.41, 5.74) is 6.11. The molecular formula is C15H14F2N2O. The minimum Gasteiger partial charge on any atom is -0.399 e. The molecule has 104 valence electrons. The summed E-state index contributed by atoms with van der Waals surface area (Å²) in [6.07, 6.45) is 0. The van der Waals surface area contributed by atoms with Crippen LogP contribution in [0.5, 0.6) is 0 Å². The number of hydrogen-bond donors (Lipinski definition) is 2. The highest BCUT2D eigenvalue weighted by atomic mass is 19.1. The van der Waals surface area contributed by atoms with E-state index in [1.165, 1.54) is 12.1 Å². The second kappa shape index (κ2) is 5.69. The topological polar surface area (TPSA) is 55.1 Å². The minimum atomic E-state index is -0.589. The summed E-state index contributed by atoms with van der Waals surface area (Å²) in [6.45, 7) is 1.65. The first-order valence-electron chi connectivity index (χ1n) is 6.08. The Morgan fingerprint density at radius 2 is 1.90 bits per heavy atom. The monoisotopic (exact) mass is 276 g/mol. The van der Waals surface area contributed by atoms with Crippen LogP contribution in [0.25, 0.3) is 0 Å². The number of nitrogen functional groups attached to an aromatic ring is 1. The van der Waals surface area contributed by atoms with Gasteiger partial charge in [0.2, 0.25) is 0 Å². The Kier molecular flexibility index (Phi) is 3.98. The van der Waals surface area contributed by atoms with Gasteiger partial charge in [0.1, 0.15) is 11.6 Å². The number of benzene rings is 2. The van der Waals surface area contributed by atoms with Gasteiger partial charge in [-0.05, 0) is 31.2 Å². The summed E-state index contributed by atoms with van der Waals surface area (Å²) in [4.78, 5) is 12.0. The summed E-state index contributed by atoms with van der Waals surface area (Å²) < 4.78 is 26.8. The highest BCUT2D eigenvalue weighted by molar-refractivity contribution is 5.95. The SMILES string of the molecule is CC(NC(=O)c1cc(N)cc(F)c1)c1ccccc1F.